The number of anilines is 1. The third kappa shape index (κ3) is 7.04. The van der Waals surface area contributed by atoms with E-state index in [1.807, 2.05) is 32.6 Å². The lowest BCUT2D eigenvalue weighted by atomic mass is 9.76. The monoisotopic (exact) mass is 561 g/mol. The molecule has 222 valence electrons. The van der Waals surface area contributed by atoms with Crippen molar-refractivity contribution in [2.24, 2.45) is 0 Å². The first-order valence-corrected chi connectivity index (χ1v) is 15.3. The van der Waals surface area contributed by atoms with Gasteiger partial charge >= 0.3 is 6.09 Å². The van der Waals surface area contributed by atoms with Crippen LogP contribution in [0.3, 0.4) is 0 Å². The van der Waals surface area contributed by atoms with Gasteiger partial charge in [0.1, 0.15) is 5.60 Å². The van der Waals surface area contributed by atoms with Crippen LogP contribution in [0.2, 0.25) is 0 Å². The molecule has 3 heterocycles. The van der Waals surface area contributed by atoms with Crippen molar-refractivity contribution < 1.29 is 14.3 Å². The highest BCUT2D eigenvalue weighted by molar-refractivity contribution is 5.78. The number of carbonyl (C=O) groups excluding carboxylic acids is 1. The lowest BCUT2D eigenvalue weighted by Gasteiger charge is -2.33. The van der Waals surface area contributed by atoms with Gasteiger partial charge in [-0.3, -0.25) is 0 Å². The number of hydrogen-bond donors (Lipinski definition) is 0. The average Bonchev–Trinajstić information content (AvgIpc) is 3.48. The van der Waals surface area contributed by atoms with Gasteiger partial charge in [-0.2, -0.15) is 0 Å². The van der Waals surface area contributed by atoms with Gasteiger partial charge in [-0.25, -0.2) is 9.78 Å². The molecule has 41 heavy (non-hydrogen) atoms. The number of para-hydroxylation sites is 2. The molecule has 1 unspecified atom stereocenters. The zero-order chi connectivity index (χ0) is 28.9. The van der Waals surface area contributed by atoms with E-state index in [1.54, 1.807) is 0 Å². The number of aromatic nitrogens is 2. The van der Waals surface area contributed by atoms with Crippen LogP contribution in [0, 0.1) is 0 Å². The molecule has 1 amide bonds. The lowest BCUT2D eigenvalue weighted by molar-refractivity contribution is 0.0282. The van der Waals surface area contributed by atoms with E-state index in [4.69, 9.17) is 14.5 Å². The maximum absolute atomic E-state index is 12.9. The zero-order valence-electron chi connectivity index (χ0n) is 25.3. The van der Waals surface area contributed by atoms with Crippen molar-refractivity contribution in [3.8, 4) is 0 Å². The van der Waals surface area contributed by atoms with E-state index in [1.165, 1.54) is 11.1 Å². The van der Waals surface area contributed by atoms with Gasteiger partial charge in [-0.15, -0.1) is 0 Å². The number of nitrogens with zero attached hydrogens (tertiary/aromatic N) is 5. The standard InChI is InChI=1S/C33H47N5O3/c1-5-40-25-24-38-29-15-10-9-14-28(29)34-30(38)36-19-11-18-35(22-23-36)20-16-33(27-12-7-6-8-13-27)17-21-37(26-33)31(39)41-32(2,3)4/h6-10,12-15H,5,11,16-26H2,1-4H3. The highest BCUT2D eigenvalue weighted by Gasteiger charge is 2.42. The number of hydrogen-bond acceptors (Lipinski definition) is 6. The summed E-state index contributed by atoms with van der Waals surface area (Å²) in [5.74, 6) is 1.05. The summed E-state index contributed by atoms with van der Waals surface area (Å²) in [6.07, 6.45) is 2.87. The fourth-order valence-electron chi connectivity index (χ4n) is 6.32. The van der Waals surface area contributed by atoms with Crippen LogP contribution < -0.4 is 4.90 Å². The quantitative estimate of drug-likeness (QED) is 0.319. The molecule has 2 aromatic carbocycles. The third-order valence-corrected chi connectivity index (χ3v) is 8.47. The maximum Gasteiger partial charge on any atom is 0.410 e. The topological polar surface area (TPSA) is 63.1 Å². The molecule has 8 heteroatoms. The van der Waals surface area contributed by atoms with Crippen LogP contribution in [0.25, 0.3) is 11.0 Å². The number of ether oxygens (including phenoxy) is 2. The first kappa shape index (κ1) is 29.4. The molecule has 0 radical (unpaired) electrons. The molecule has 5 rings (SSSR count). The molecule has 0 aliphatic carbocycles. The fourth-order valence-corrected chi connectivity index (χ4v) is 6.32. The van der Waals surface area contributed by atoms with Crippen molar-refractivity contribution in [1.29, 1.82) is 0 Å². The molecule has 0 spiro atoms. The molecule has 3 aromatic rings. The number of rotatable bonds is 9. The Kier molecular flexibility index (Phi) is 9.19. The predicted octanol–water partition coefficient (Wildman–Crippen LogP) is 5.55. The first-order valence-electron chi connectivity index (χ1n) is 15.3. The van der Waals surface area contributed by atoms with Gasteiger partial charge in [0.15, 0.2) is 0 Å². The summed E-state index contributed by atoms with van der Waals surface area (Å²) in [7, 11) is 0. The van der Waals surface area contributed by atoms with E-state index in [0.29, 0.717) is 13.2 Å². The Balaban J connectivity index is 1.26. The second-order valence-electron chi connectivity index (χ2n) is 12.5. The summed E-state index contributed by atoms with van der Waals surface area (Å²) in [5.41, 5.74) is 2.99. The van der Waals surface area contributed by atoms with E-state index in [2.05, 4.69) is 69.0 Å². The molecule has 0 bridgehead atoms. The summed E-state index contributed by atoms with van der Waals surface area (Å²) < 4.78 is 13.8. The van der Waals surface area contributed by atoms with Gasteiger partial charge in [0.25, 0.3) is 0 Å². The molecule has 1 atom stereocenters. The van der Waals surface area contributed by atoms with Crippen molar-refractivity contribution in [2.45, 2.75) is 64.5 Å². The molecule has 8 nitrogen and oxygen atoms in total. The van der Waals surface area contributed by atoms with Crippen LogP contribution in [-0.2, 0) is 21.4 Å². The minimum absolute atomic E-state index is 0.0581. The van der Waals surface area contributed by atoms with E-state index in [0.717, 1.165) is 83.1 Å². The van der Waals surface area contributed by atoms with Crippen molar-refractivity contribution >= 4 is 23.1 Å². The molecule has 1 aromatic heterocycles. The van der Waals surface area contributed by atoms with Gasteiger partial charge in [0, 0.05) is 51.3 Å². The maximum atomic E-state index is 12.9. The molecule has 2 saturated heterocycles. The molecule has 2 aliphatic heterocycles. The summed E-state index contributed by atoms with van der Waals surface area (Å²) in [5, 5.41) is 0. The van der Waals surface area contributed by atoms with E-state index >= 15 is 0 Å². The number of imidazole rings is 1. The van der Waals surface area contributed by atoms with Crippen molar-refractivity contribution in [3.05, 3.63) is 60.2 Å². The highest BCUT2D eigenvalue weighted by Crippen LogP contribution is 2.38. The second kappa shape index (κ2) is 12.8. The Labute approximate surface area is 245 Å². The Morgan fingerprint density at radius 2 is 1.73 bits per heavy atom. The molecule has 2 fully saturated rings. The minimum atomic E-state index is -0.489. The van der Waals surface area contributed by atoms with Crippen LogP contribution in [0.5, 0.6) is 0 Å². The van der Waals surface area contributed by atoms with E-state index < -0.39 is 5.60 Å². The van der Waals surface area contributed by atoms with E-state index in [9.17, 15) is 4.79 Å². The zero-order valence-corrected chi connectivity index (χ0v) is 25.3. The summed E-state index contributed by atoms with van der Waals surface area (Å²) in [6, 6.07) is 19.2. The predicted molar refractivity (Wildman–Crippen MR) is 165 cm³/mol. The fraction of sp³-hybridized carbons (Fsp3) is 0.576. The SMILES string of the molecule is CCOCCn1c(N2CCCN(CCC3(c4ccccc4)CCN(C(=O)OC(C)(C)C)C3)CC2)nc2ccccc21. The number of benzene rings is 2. The summed E-state index contributed by atoms with van der Waals surface area (Å²) in [6.45, 7) is 16.5. The van der Waals surface area contributed by atoms with Crippen molar-refractivity contribution in [2.75, 3.05) is 63.9 Å². The number of amides is 1. The smallest absolute Gasteiger partial charge is 0.410 e. The Bertz CT molecular complexity index is 1290. The van der Waals surface area contributed by atoms with Crippen LogP contribution in [0.1, 0.15) is 52.5 Å². The molecule has 0 saturated carbocycles. The Hall–Kier alpha value is -3.10. The van der Waals surface area contributed by atoms with Gasteiger partial charge in [0.05, 0.1) is 17.6 Å². The normalized spacial score (nSPS) is 20.5. The number of likely N-dealkylation sites (tertiary alicyclic amines) is 1. The number of carbonyl (C=O) groups is 1. The summed E-state index contributed by atoms with van der Waals surface area (Å²) in [4.78, 5) is 25.0. The largest absolute Gasteiger partial charge is 0.444 e. The average molecular weight is 562 g/mol. The van der Waals surface area contributed by atoms with Crippen LogP contribution in [0.15, 0.2) is 54.6 Å². The van der Waals surface area contributed by atoms with Crippen molar-refractivity contribution in [3.63, 3.8) is 0 Å². The van der Waals surface area contributed by atoms with Crippen LogP contribution in [-0.4, -0.2) is 90.1 Å². The molecular formula is C33H47N5O3. The Morgan fingerprint density at radius 3 is 2.51 bits per heavy atom. The van der Waals surface area contributed by atoms with Gasteiger partial charge in [0.2, 0.25) is 5.95 Å². The van der Waals surface area contributed by atoms with Crippen LogP contribution >= 0.6 is 0 Å². The van der Waals surface area contributed by atoms with Crippen LogP contribution in [0.4, 0.5) is 10.7 Å². The molecular weight excluding hydrogens is 514 g/mol. The lowest BCUT2D eigenvalue weighted by Crippen LogP contribution is -2.40. The van der Waals surface area contributed by atoms with Gasteiger partial charge < -0.3 is 28.7 Å². The first-order chi connectivity index (χ1) is 19.8. The van der Waals surface area contributed by atoms with Crippen molar-refractivity contribution in [1.82, 2.24) is 19.4 Å². The Morgan fingerprint density at radius 1 is 0.951 bits per heavy atom. The second-order valence-corrected chi connectivity index (χ2v) is 12.5. The number of fused-ring (bicyclic) bond motifs is 1. The summed E-state index contributed by atoms with van der Waals surface area (Å²) >= 11 is 0. The highest BCUT2D eigenvalue weighted by atomic mass is 16.6. The van der Waals surface area contributed by atoms with E-state index in [-0.39, 0.29) is 11.5 Å². The van der Waals surface area contributed by atoms with Gasteiger partial charge in [-0.05, 0) is 77.7 Å². The molecule has 2 aliphatic rings. The molecule has 0 N–H and O–H groups in total. The minimum Gasteiger partial charge on any atom is -0.444 e. The third-order valence-electron chi connectivity index (χ3n) is 8.47. The van der Waals surface area contributed by atoms with Gasteiger partial charge in [-0.1, -0.05) is 42.5 Å².